The summed E-state index contributed by atoms with van der Waals surface area (Å²) in [4.78, 5) is 17.1. The molecule has 1 fully saturated rings. The van der Waals surface area contributed by atoms with Gasteiger partial charge in [-0.05, 0) is 75.2 Å². The van der Waals surface area contributed by atoms with Gasteiger partial charge in [-0.2, -0.15) is 15.1 Å². The van der Waals surface area contributed by atoms with E-state index in [-0.39, 0.29) is 17.3 Å². The van der Waals surface area contributed by atoms with Crippen molar-refractivity contribution >= 4 is 39.8 Å². The van der Waals surface area contributed by atoms with Gasteiger partial charge in [0.1, 0.15) is 5.04 Å². The molecule has 164 valence electrons. The number of fused-ring (bicyclic) bond motifs is 1. The molecule has 0 saturated heterocycles. The molecule has 0 radical (unpaired) electrons. The smallest absolute Gasteiger partial charge is 0.283 e. The van der Waals surface area contributed by atoms with Crippen molar-refractivity contribution in [1.29, 1.82) is 5.41 Å². The topological polar surface area (TPSA) is 73.8 Å². The maximum absolute atomic E-state index is 12.9. The number of aryl methyl sites for hydroxylation is 2. The van der Waals surface area contributed by atoms with Crippen LogP contribution < -0.4 is 0 Å². The highest BCUT2D eigenvalue weighted by molar-refractivity contribution is 8.27. The average molecular weight is 446 g/mol. The second kappa shape index (κ2) is 8.20. The Morgan fingerprint density at radius 2 is 1.81 bits per heavy atom. The van der Waals surface area contributed by atoms with Crippen LogP contribution in [0.4, 0.5) is 0 Å². The van der Waals surface area contributed by atoms with Crippen LogP contribution in [0, 0.1) is 32.1 Å². The van der Waals surface area contributed by atoms with E-state index in [1.807, 2.05) is 6.92 Å². The van der Waals surface area contributed by atoms with Crippen LogP contribution in [0.5, 0.6) is 0 Å². The Morgan fingerprint density at radius 1 is 1.09 bits per heavy atom. The summed E-state index contributed by atoms with van der Waals surface area (Å²) in [6.07, 6.45) is 7.76. The number of rotatable bonds is 3. The number of nitrogens with zero attached hydrogens (tertiary/aromatic N) is 4. The highest BCUT2D eigenvalue weighted by atomic mass is 32.2. The molecular formula is C25H27N5OS. The van der Waals surface area contributed by atoms with Gasteiger partial charge in [0.15, 0.2) is 5.84 Å². The van der Waals surface area contributed by atoms with Crippen LogP contribution in [0.25, 0.3) is 11.8 Å². The van der Waals surface area contributed by atoms with E-state index in [1.54, 1.807) is 11.1 Å². The van der Waals surface area contributed by atoms with Gasteiger partial charge in [0.25, 0.3) is 5.91 Å². The molecule has 32 heavy (non-hydrogen) atoms. The highest BCUT2D eigenvalue weighted by Gasteiger charge is 2.38. The minimum Gasteiger partial charge on any atom is -0.318 e. The number of benzene rings is 1. The molecule has 0 atom stereocenters. The molecule has 1 saturated carbocycles. The lowest BCUT2D eigenvalue weighted by Gasteiger charge is -2.20. The molecule has 0 spiro atoms. The van der Waals surface area contributed by atoms with E-state index in [1.165, 1.54) is 36.6 Å². The summed E-state index contributed by atoms with van der Waals surface area (Å²) in [5.41, 5.74) is 5.59. The maximum atomic E-state index is 12.9. The van der Waals surface area contributed by atoms with E-state index in [4.69, 9.17) is 10.5 Å². The second-order valence-electron chi connectivity index (χ2n) is 8.79. The molecule has 1 aromatic heterocycles. The van der Waals surface area contributed by atoms with Gasteiger partial charge in [0.05, 0.1) is 5.57 Å². The SMILES string of the molecule is Cc1ccc(-n2c(C)cc(/C=C3\C(=N)N4N=C(C5CCCCC5)SC4=NC3=O)c2C)cc1. The zero-order valence-electron chi connectivity index (χ0n) is 18.7. The largest absolute Gasteiger partial charge is 0.318 e. The molecule has 0 bridgehead atoms. The summed E-state index contributed by atoms with van der Waals surface area (Å²) in [6, 6.07) is 10.4. The zero-order chi connectivity index (χ0) is 22.4. The van der Waals surface area contributed by atoms with Gasteiger partial charge in [-0.15, -0.1) is 0 Å². The first kappa shape index (κ1) is 20.9. The molecule has 3 aliphatic rings. The summed E-state index contributed by atoms with van der Waals surface area (Å²) in [6.45, 7) is 6.16. The maximum Gasteiger partial charge on any atom is 0.283 e. The van der Waals surface area contributed by atoms with Crippen molar-refractivity contribution in [3.63, 3.8) is 0 Å². The number of aromatic nitrogens is 1. The Labute approximate surface area is 192 Å². The average Bonchev–Trinajstić information content (AvgIpc) is 3.33. The summed E-state index contributed by atoms with van der Waals surface area (Å²) in [7, 11) is 0. The molecule has 1 aromatic carbocycles. The molecule has 1 amide bonds. The number of carbonyl (C=O) groups excluding carboxylic acids is 1. The van der Waals surface area contributed by atoms with Crippen molar-refractivity contribution in [2.75, 3.05) is 0 Å². The molecule has 0 unspecified atom stereocenters. The molecule has 6 nitrogen and oxygen atoms in total. The number of aliphatic imine (C=N–C) groups is 1. The Kier molecular flexibility index (Phi) is 5.37. The normalized spacial score (nSPS) is 20.6. The van der Waals surface area contributed by atoms with E-state index < -0.39 is 0 Å². The fraction of sp³-hybridized carbons (Fsp3) is 0.360. The zero-order valence-corrected chi connectivity index (χ0v) is 19.5. The van der Waals surface area contributed by atoms with E-state index >= 15 is 0 Å². The molecule has 2 aromatic rings. The summed E-state index contributed by atoms with van der Waals surface area (Å²) < 4.78 is 2.17. The van der Waals surface area contributed by atoms with Crippen molar-refractivity contribution in [3.05, 3.63) is 58.4 Å². The number of hydrazone groups is 1. The number of amidine groups is 2. The van der Waals surface area contributed by atoms with Crippen molar-refractivity contribution in [2.45, 2.75) is 52.9 Å². The van der Waals surface area contributed by atoms with Crippen molar-refractivity contribution in [1.82, 2.24) is 9.58 Å². The minimum atomic E-state index is -0.367. The molecule has 1 N–H and O–H groups in total. The standard InChI is InChI=1S/C25H27N5OS/c1-15-9-11-20(12-10-15)29-16(2)13-19(17(29)3)14-21-22(26)30-25(27-23(21)31)32-24(28-30)18-7-5-4-6-8-18/h9-14,18,26H,4-8H2,1-3H3/b21-14+,26-22?. The molecule has 5 rings (SSSR count). The first-order valence-corrected chi connectivity index (χ1v) is 12.0. The molecule has 2 aliphatic heterocycles. The van der Waals surface area contributed by atoms with Gasteiger partial charge in [-0.25, -0.2) is 0 Å². The summed E-state index contributed by atoms with van der Waals surface area (Å²) in [5, 5.41) is 16.5. The Hall–Kier alpha value is -2.93. The Balaban J connectivity index is 1.47. The quantitative estimate of drug-likeness (QED) is 0.625. The van der Waals surface area contributed by atoms with Crippen LogP contribution in [0.1, 0.15) is 54.6 Å². The van der Waals surface area contributed by atoms with E-state index in [2.05, 4.69) is 53.7 Å². The number of hydrogen-bond acceptors (Lipinski definition) is 4. The van der Waals surface area contributed by atoms with E-state index in [0.717, 1.165) is 40.5 Å². The number of hydrogen-bond donors (Lipinski definition) is 1. The van der Waals surface area contributed by atoms with Crippen LogP contribution in [0.15, 0.2) is 46.0 Å². The third-order valence-electron chi connectivity index (χ3n) is 6.49. The predicted molar refractivity (Wildman–Crippen MR) is 132 cm³/mol. The highest BCUT2D eigenvalue weighted by Crippen LogP contribution is 2.36. The van der Waals surface area contributed by atoms with Gasteiger partial charge in [0.2, 0.25) is 5.17 Å². The lowest BCUT2D eigenvalue weighted by molar-refractivity contribution is -0.114. The van der Waals surface area contributed by atoms with E-state index in [0.29, 0.717) is 11.1 Å². The third-order valence-corrected chi connectivity index (χ3v) is 7.56. The fourth-order valence-electron chi connectivity index (χ4n) is 4.70. The van der Waals surface area contributed by atoms with Crippen LogP contribution >= 0.6 is 11.8 Å². The molecule has 7 heteroatoms. The first-order valence-electron chi connectivity index (χ1n) is 11.2. The lowest BCUT2D eigenvalue weighted by Crippen LogP contribution is -2.35. The van der Waals surface area contributed by atoms with Gasteiger partial charge >= 0.3 is 0 Å². The van der Waals surface area contributed by atoms with E-state index in [9.17, 15) is 4.79 Å². The van der Waals surface area contributed by atoms with Crippen molar-refractivity contribution < 1.29 is 4.79 Å². The van der Waals surface area contributed by atoms with Crippen LogP contribution in [0.3, 0.4) is 0 Å². The monoisotopic (exact) mass is 445 g/mol. The summed E-state index contributed by atoms with van der Waals surface area (Å²) >= 11 is 1.46. The van der Waals surface area contributed by atoms with Crippen LogP contribution in [-0.4, -0.2) is 31.5 Å². The number of nitrogens with one attached hydrogen (secondary N) is 1. The number of carbonyl (C=O) groups is 1. The number of amides is 1. The third kappa shape index (κ3) is 3.64. The van der Waals surface area contributed by atoms with Gasteiger partial charge in [0, 0.05) is 23.0 Å². The van der Waals surface area contributed by atoms with Gasteiger partial charge in [-0.1, -0.05) is 37.0 Å². The van der Waals surface area contributed by atoms with Gasteiger partial charge in [-0.3, -0.25) is 10.2 Å². The molecule has 3 heterocycles. The van der Waals surface area contributed by atoms with Crippen LogP contribution in [0.2, 0.25) is 0 Å². The van der Waals surface area contributed by atoms with Crippen molar-refractivity contribution in [3.8, 4) is 5.69 Å². The molecular weight excluding hydrogens is 418 g/mol. The second-order valence-corrected chi connectivity index (χ2v) is 9.78. The van der Waals surface area contributed by atoms with Crippen LogP contribution in [-0.2, 0) is 4.79 Å². The summed E-state index contributed by atoms with van der Waals surface area (Å²) in [5.74, 6) is 0.165. The predicted octanol–water partition coefficient (Wildman–Crippen LogP) is 5.60. The first-order chi connectivity index (χ1) is 15.4. The Morgan fingerprint density at radius 3 is 2.53 bits per heavy atom. The fourth-order valence-corrected chi connectivity index (χ4v) is 5.76. The lowest BCUT2D eigenvalue weighted by atomic mass is 9.90. The van der Waals surface area contributed by atoms with Gasteiger partial charge < -0.3 is 4.57 Å². The Bertz CT molecular complexity index is 1200. The molecule has 1 aliphatic carbocycles. The minimum absolute atomic E-state index is 0.110. The van der Waals surface area contributed by atoms with Crippen molar-refractivity contribution in [2.24, 2.45) is 16.0 Å². The number of thioether (sulfide) groups is 1.